The lowest BCUT2D eigenvalue weighted by Gasteiger charge is -2.07. The van der Waals surface area contributed by atoms with Crippen molar-refractivity contribution in [2.24, 2.45) is 0 Å². The van der Waals surface area contributed by atoms with E-state index in [1.165, 1.54) is 12.4 Å². The Morgan fingerprint density at radius 2 is 2.00 bits per heavy atom. The van der Waals surface area contributed by atoms with E-state index in [1.54, 1.807) is 12.1 Å². The van der Waals surface area contributed by atoms with Gasteiger partial charge in [0, 0.05) is 30.5 Å². The van der Waals surface area contributed by atoms with Crippen LogP contribution in [0.1, 0.15) is 15.9 Å². The normalized spacial score (nSPS) is 9.95. The molecule has 0 bridgehead atoms. The maximum atomic E-state index is 12.0. The van der Waals surface area contributed by atoms with Crippen molar-refractivity contribution in [3.63, 3.8) is 0 Å². The number of carbonyl (C=O) groups excluding carboxylic acids is 1. The number of rotatable bonds is 6. The van der Waals surface area contributed by atoms with Crippen molar-refractivity contribution in [3.8, 4) is 0 Å². The van der Waals surface area contributed by atoms with Gasteiger partial charge in [-0.15, -0.1) is 6.58 Å². The second kappa shape index (κ2) is 7.40. The summed E-state index contributed by atoms with van der Waals surface area (Å²) in [6.07, 6.45) is 4.65. The van der Waals surface area contributed by atoms with Crippen molar-refractivity contribution in [1.82, 2.24) is 15.3 Å². The number of amides is 1. The van der Waals surface area contributed by atoms with Gasteiger partial charge in [-0.05, 0) is 11.6 Å². The lowest BCUT2D eigenvalue weighted by Crippen LogP contribution is -2.23. The van der Waals surface area contributed by atoms with Crippen molar-refractivity contribution in [2.75, 3.05) is 11.9 Å². The van der Waals surface area contributed by atoms with E-state index in [4.69, 9.17) is 11.6 Å². The predicted molar refractivity (Wildman–Crippen MR) is 83.3 cm³/mol. The summed E-state index contributed by atoms with van der Waals surface area (Å²) in [5.41, 5.74) is 1.25. The van der Waals surface area contributed by atoms with E-state index >= 15 is 0 Å². The van der Waals surface area contributed by atoms with Crippen molar-refractivity contribution in [2.45, 2.75) is 6.54 Å². The Morgan fingerprint density at radius 3 is 2.67 bits per heavy atom. The SMILES string of the molecule is C=CCNc1ncc(C(=O)NCc2ccccc2Cl)cn1. The summed E-state index contributed by atoms with van der Waals surface area (Å²) in [6, 6.07) is 7.36. The first-order valence-corrected chi connectivity index (χ1v) is 6.77. The molecule has 0 atom stereocenters. The second-order valence-corrected chi connectivity index (χ2v) is 4.65. The van der Waals surface area contributed by atoms with E-state index in [1.807, 2.05) is 18.2 Å². The molecule has 1 amide bonds. The van der Waals surface area contributed by atoms with E-state index in [0.717, 1.165) is 5.56 Å². The molecule has 1 heterocycles. The van der Waals surface area contributed by atoms with E-state index in [0.29, 0.717) is 29.6 Å². The number of hydrogen-bond donors (Lipinski definition) is 2. The molecule has 2 N–H and O–H groups in total. The summed E-state index contributed by atoms with van der Waals surface area (Å²) < 4.78 is 0. The first-order chi connectivity index (χ1) is 10.2. The van der Waals surface area contributed by atoms with Gasteiger partial charge in [0.1, 0.15) is 0 Å². The molecule has 21 heavy (non-hydrogen) atoms. The minimum Gasteiger partial charge on any atom is -0.351 e. The Bertz CT molecular complexity index is 628. The molecule has 0 saturated heterocycles. The molecule has 0 spiro atoms. The number of benzene rings is 1. The molecule has 0 aliphatic carbocycles. The molecule has 2 rings (SSSR count). The van der Waals surface area contributed by atoms with Crippen LogP contribution in [-0.2, 0) is 6.54 Å². The Kier molecular flexibility index (Phi) is 5.29. The van der Waals surface area contributed by atoms with E-state index < -0.39 is 0 Å². The molecule has 6 heteroatoms. The topological polar surface area (TPSA) is 66.9 Å². The van der Waals surface area contributed by atoms with Crippen molar-refractivity contribution >= 4 is 23.5 Å². The summed E-state index contributed by atoms with van der Waals surface area (Å²) in [4.78, 5) is 20.1. The van der Waals surface area contributed by atoms with E-state index in [2.05, 4.69) is 27.2 Å². The molecule has 0 fully saturated rings. The molecule has 5 nitrogen and oxygen atoms in total. The average Bonchev–Trinajstić information content (AvgIpc) is 2.52. The van der Waals surface area contributed by atoms with Crippen LogP contribution < -0.4 is 10.6 Å². The third kappa shape index (κ3) is 4.29. The van der Waals surface area contributed by atoms with Gasteiger partial charge in [0.25, 0.3) is 5.91 Å². The molecule has 0 radical (unpaired) electrons. The first-order valence-electron chi connectivity index (χ1n) is 6.39. The van der Waals surface area contributed by atoms with Gasteiger partial charge in [0.2, 0.25) is 5.95 Å². The van der Waals surface area contributed by atoms with Crippen LogP contribution in [0, 0.1) is 0 Å². The third-order valence-corrected chi connectivity index (χ3v) is 3.08. The number of aromatic nitrogens is 2. The summed E-state index contributed by atoms with van der Waals surface area (Å²) in [6.45, 7) is 4.51. The zero-order valence-corrected chi connectivity index (χ0v) is 12.1. The van der Waals surface area contributed by atoms with Gasteiger partial charge in [-0.25, -0.2) is 9.97 Å². The maximum absolute atomic E-state index is 12.0. The molecule has 2 aromatic rings. The number of hydrogen-bond acceptors (Lipinski definition) is 4. The number of carbonyl (C=O) groups is 1. The summed E-state index contributed by atoms with van der Waals surface area (Å²) in [7, 11) is 0. The lowest BCUT2D eigenvalue weighted by atomic mass is 10.2. The van der Waals surface area contributed by atoms with Crippen LogP contribution in [0.4, 0.5) is 5.95 Å². The second-order valence-electron chi connectivity index (χ2n) is 4.24. The fraction of sp³-hybridized carbons (Fsp3) is 0.133. The van der Waals surface area contributed by atoms with Crippen LogP contribution >= 0.6 is 11.6 Å². The highest BCUT2D eigenvalue weighted by molar-refractivity contribution is 6.31. The van der Waals surface area contributed by atoms with Gasteiger partial charge in [-0.2, -0.15) is 0 Å². The van der Waals surface area contributed by atoms with Gasteiger partial charge in [0.05, 0.1) is 5.56 Å². The minimum atomic E-state index is -0.245. The molecule has 0 unspecified atom stereocenters. The van der Waals surface area contributed by atoms with Crippen LogP contribution in [-0.4, -0.2) is 22.4 Å². The minimum absolute atomic E-state index is 0.245. The fourth-order valence-electron chi connectivity index (χ4n) is 1.62. The number of anilines is 1. The Hall–Kier alpha value is -2.40. The van der Waals surface area contributed by atoms with Crippen LogP contribution in [0.25, 0.3) is 0 Å². The number of halogens is 1. The maximum Gasteiger partial charge on any atom is 0.254 e. The smallest absolute Gasteiger partial charge is 0.254 e. The van der Waals surface area contributed by atoms with Crippen molar-refractivity contribution < 1.29 is 4.79 Å². The molecular weight excluding hydrogens is 288 g/mol. The summed E-state index contributed by atoms with van der Waals surface area (Å²) in [5, 5.41) is 6.34. The molecule has 1 aromatic carbocycles. The molecule has 0 aliphatic rings. The standard InChI is InChI=1S/C15H15ClN4O/c1-2-7-17-15-19-9-12(10-20-15)14(21)18-8-11-5-3-4-6-13(11)16/h2-6,9-10H,1,7-8H2,(H,18,21)(H,17,19,20). The zero-order valence-electron chi connectivity index (χ0n) is 11.3. The first kappa shape index (κ1) is 15.0. The quantitative estimate of drug-likeness (QED) is 0.805. The lowest BCUT2D eigenvalue weighted by molar-refractivity contribution is 0.0950. The van der Waals surface area contributed by atoms with Crippen LogP contribution in [0.2, 0.25) is 5.02 Å². The molecule has 1 aromatic heterocycles. The van der Waals surface area contributed by atoms with Gasteiger partial charge in [-0.3, -0.25) is 4.79 Å². The number of nitrogens with one attached hydrogen (secondary N) is 2. The molecule has 108 valence electrons. The monoisotopic (exact) mass is 302 g/mol. The van der Waals surface area contributed by atoms with Crippen molar-refractivity contribution in [3.05, 3.63) is 65.5 Å². The Morgan fingerprint density at radius 1 is 1.29 bits per heavy atom. The van der Waals surface area contributed by atoms with Crippen molar-refractivity contribution in [1.29, 1.82) is 0 Å². The molecule has 0 aliphatic heterocycles. The molecule has 0 saturated carbocycles. The predicted octanol–water partition coefficient (Wildman–Crippen LogP) is 2.66. The van der Waals surface area contributed by atoms with Gasteiger partial charge in [0.15, 0.2) is 0 Å². The zero-order chi connectivity index (χ0) is 15.1. The highest BCUT2D eigenvalue weighted by Gasteiger charge is 2.07. The third-order valence-electron chi connectivity index (χ3n) is 2.72. The van der Waals surface area contributed by atoms with Crippen LogP contribution in [0.3, 0.4) is 0 Å². The Balaban J connectivity index is 1.94. The Labute approximate surface area is 128 Å². The van der Waals surface area contributed by atoms with Crippen LogP contribution in [0.15, 0.2) is 49.3 Å². The highest BCUT2D eigenvalue weighted by Crippen LogP contribution is 2.14. The average molecular weight is 303 g/mol. The van der Waals surface area contributed by atoms with Gasteiger partial charge in [-0.1, -0.05) is 35.9 Å². The largest absolute Gasteiger partial charge is 0.351 e. The number of nitrogens with zero attached hydrogens (tertiary/aromatic N) is 2. The van der Waals surface area contributed by atoms with Gasteiger partial charge >= 0.3 is 0 Å². The molecular formula is C15H15ClN4O. The van der Waals surface area contributed by atoms with Crippen LogP contribution in [0.5, 0.6) is 0 Å². The van der Waals surface area contributed by atoms with Gasteiger partial charge < -0.3 is 10.6 Å². The summed E-state index contributed by atoms with van der Waals surface area (Å²) in [5.74, 6) is 0.211. The highest BCUT2D eigenvalue weighted by atomic mass is 35.5. The van der Waals surface area contributed by atoms with E-state index in [-0.39, 0.29) is 5.91 Å². The van der Waals surface area contributed by atoms with E-state index in [9.17, 15) is 4.79 Å². The fourth-order valence-corrected chi connectivity index (χ4v) is 1.82. The summed E-state index contributed by atoms with van der Waals surface area (Å²) >= 11 is 6.03.